The standard InChI is InChI=1S/C16H21F3N2O/c1-20-10-13-5-3-7-21(11-13)15(22)9-12-4-2-6-14(8-12)16(17,18)19/h2,4,6,8,13,20H,3,5,7,9-11H2,1H3. The van der Waals surface area contributed by atoms with E-state index < -0.39 is 11.7 Å². The Morgan fingerprint density at radius 3 is 2.86 bits per heavy atom. The maximum atomic E-state index is 12.7. The smallest absolute Gasteiger partial charge is 0.342 e. The first kappa shape index (κ1) is 16.8. The number of halogens is 3. The van der Waals surface area contributed by atoms with E-state index in [4.69, 9.17) is 0 Å². The van der Waals surface area contributed by atoms with Crippen molar-refractivity contribution in [2.45, 2.75) is 25.4 Å². The first-order chi connectivity index (χ1) is 10.4. The van der Waals surface area contributed by atoms with Crippen molar-refractivity contribution in [3.63, 3.8) is 0 Å². The van der Waals surface area contributed by atoms with Gasteiger partial charge in [0.25, 0.3) is 0 Å². The van der Waals surface area contributed by atoms with Gasteiger partial charge in [0.05, 0.1) is 12.0 Å². The van der Waals surface area contributed by atoms with Crippen LogP contribution in [0, 0.1) is 5.92 Å². The van der Waals surface area contributed by atoms with Gasteiger partial charge in [0, 0.05) is 13.1 Å². The first-order valence-electron chi connectivity index (χ1n) is 7.48. The molecule has 6 heteroatoms. The summed E-state index contributed by atoms with van der Waals surface area (Å²) >= 11 is 0. The molecular weight excluding hydrogens is 293 g/mol. The molecule has 1 aromatic carbocycles. The molecule has 122 valence electrons. The molecule has 0 aliphatic carbocycles. The van der Waals surface area contributed by atoms with Crippen LogP contribution in [-0.2, 0) is 17.4 Å². The molecule has 0 spiro atoms. The highest BCUT2D eigenvalue weighted by Crippen LogP contribution is 2.29. The lowest BCUT2D eigenvalue weighted by atomic mass is 9.97. The molecule has 0 bridgehead atoms. The molecule has 3 nitrogen and oxygen atoms in total. The number of rotatable bonds is 4. The summed E-state index contributed by atoms with van der Waals surface area (Å²) in [5.74, 6) is 0.323. The van der Waals surface area contributed by atoms with Gasteiger partial charge in [0.2, 0.25) is 5.91 Å². The quantitative estimate of drug-likeness (QED) is 0.927. The Balaban J connectivity index is 1.99. The average molecular weight is 314 g/mol. The summed E-state index contributed by atoms with van der Waals surface area (Å²) in [5, 5.41) is 3.11. The lowest BCUT2D eigenvalue weighted by Gasteiger charge is -2.32. The maximum Gasteiger partial charge on any atom is 0.416 e. The summed E-state index contributed by atoms with van der Waals surface area (Å²) in [4.78, 5) is 14.1. The SMILES string of the molecule is CNCC1CCCN(C(=O)Cc2cccc(C(F)(F)F)c2)C1. The fourth-order valence-electron chi connectivity index (χ4n) is 2.89. The molecule has 1 atom stereocenters. The first-order valence-corrected chi connectivity index (χ1v) is 7.48. The van der Waals surface area contributed by atoms with E-state index in [1.807, 2.05) is 7.05 Å². The van der Waals surface area contributed by atoms with Gasteiger partial charge >= 0.3 is 6.18 Å². The van der Waals surface area contributed by atoms with Crippen molar-refractivity contribution >= 4 is 5.91 Å². The number of nitrogens with zero attached hydrogens (tertiary/aromatic N) is 1. The number of alkyl halides is 3. The molecule has 1 aliphatic heterocycles. The second-order valence-electron chi connectivity index (χ2n) is 5.78. The van der Waals surface area contributed by atoms with Gasteiger partial charge in [0.15, 0.2) is 0 Å². The highest BCUT2D eigenvalue weighted by molar-refractivity contribution is 5.79. The predicted molar refractivity (Wildman–Crippen MR) is 78.4 cm³/mol. The van der Waals surface area contributed by atoms with Crippen LogP contribution in [0.25, 0.3) is 0 Å². The van der Waals surface area contributed by atoms with Crippen molar-refractivity contribution in [3.05, 3.63) is 35.4 Å². The minimum absolute atomic E-state index is 0.0240. The summed E-state index contributed by atoms with van der Waals surface area (Å²) in [7, 11) is 1.88. The van der Waals surface area contributed by atoms with Crippen molar-refractivity contribution in [1.82, 2.24) is 10.2 Å². The average Bonchev–Trinajstić information content (AvgIpc) is 2.47. The summed E-state index contributed by atoms with van der Waals surface area (Å²) in [5.41, 5.74) is -0.292. The molecular formula is C16H21F3N2O. The van der Waals surface area contributed by atoms with Crippen LogP contribution in [0.3, 0.4) is 0 Å². The minimum Gasteiger partial charge on any atom is -0.342 e. The lowest BCUT2D eigenvalue weighted by Crippen LogP contribution is -2.43. The van der Waals surface area contributed by atoms with E-state index >= 15 is 0 Å². The van der Waals surface area contributed by atoms with Crippen molar-refractivity contribution in [3.8, 4) is 0 Å². The van der Waals surface area contributed by atoms with Crippen molar-refractivity contribution in [2.75, 3.05) is 26.7 Å². The number of likely N-dealkylation sites (tertiary alicyclic amines) is 1. The van der Waals surface area contributed by atoms with Crippen molar-refractivity contribution < 1.29 is 18.0 Å². The zero-order chi connectivity index (χ0) is 16.2. The van der Waals surface area contributed by atoms with Crippen LogP contribution in [0.4, 0.5) is 13.2 Å². The maximum absolute atomic E-state index is 12.7. The number of carbonyl (C=O) groups is 1. The van der Waals surface area contributed by atoms with E-state index in [-0.39, 0.29) is 12.3 Å². The van der Waals surface area contributed by atoms with Crippen LogP contribution < -0.4 is 5.32 Å². The van der Waals surface area contributed by atoms with Crippen LogP contribution in [-0.4, -0.2) is 37.5 Å². The molecule has 0 radical (unpaired) electrons. The van der Waals surface area contributed by atoms with Crippen LogP contribution in [0.1, 0.15) is 24.0 Å². The number of hydrogen-bond acceptors (Lipinski definition) is 2. The topological polar surface area (TPSA) is 32.3 Å². The molecule has 0 saturated carbocycles. The Bertz CT molecular complexity index is 514. The van der Waals surface area contributed by atoms with Crippen LogP contribution in [0.2, 0.25) is 0 Å². The highest BCUT2D eigenvalue weighted by Gasteiger charge is 2.30. The largest absolute Gasteiger partial charge is 0.416 e. The molecule has 1 fully saturated rings. The molecule has 2 rings (SSSR count). The summed E-state index contributed by atoms with van der Waals surface area (Å²) in [6, 6.07) is 5.01. The van der Waals surface area contributed by atoms with Gasteiger partial charge in [0.1, 0.15) is 0 Å². The van der Waals surface area contributed by atoms with E-state index in [1.54, 1.807) is 11.0 Å². The van der Waals surface area contributed by atoms with Gasteiger partial charge in [-0.1, -0.05) is 18.2 Å². The van der Waals surface area contributed by atoms with E-state index in [1.165, 1.54) is 6.07 Å². The molecule has 1 N–H and O–H groups in total. The number of nitrogens with one attached hydrogen (secondary N) is 1. The molecule has 22 heavy (non-hydrogen) atoms. The highest BCUT2D eigenvalue weighted by atomic mass is 19.4. The van der Waals surface area contributed by atoms with Crippen molar-refractivity contribution in [2.24, 2.45) is 5.92 Å². The van der Waals surface area contributed by atoms with Gasteiger partial charge in [-0.2, -0.15) is 13.2 Å². The predicted octanol–water partition coefficient (Wildman–Crippen LogP) is 2.71. The third kappa shape index (κ3) is 4.47. The molecule has 1 saturated heterocycles. The zero-order valence-corrected chi connectivity index (χ0v) is 12.6. The van der Waals surface area contributed by atoms with E-state index in [2.05, 4.69) is 5.32 Å². The number of hydrogen-bond donors (Lipinski definition) is 1. The van der Waals surface area contributed by atoms with E-state index in [0.29, 0.717) is 24.6 Å². The Kier molecular flexibility index (Phi) is 5.45. The molecule has 1 heterocycles. The zero-order valence-electron chi connectivity index (χ0n) is 12.6. The number of carbonyl (C=O) groups excluding carboxylic acids is 1. The molecule has 1 unspecified atom stereocenters. The van der Waals surface area contributed by atoms with Gasteiger partial charge in [-0.25, -0.2) is 0 Å². The monoisotopic (exact) mass is 314 g/mol. The summed E-state index contributed by atoms with van der Waals surface area (Å²) in [6.45, 7) is 2.23. The Labute approximate surface area is 128 Å². The Morgan fingerprint density at radius 2 is 2.18 bits per heavy atom. The van der Waals surface area contributed by atoms with Gasteiger partial charge < -0.3 is 10.2 Å². The van der Waals surface area contributed by atoms with Crippen LogP contribution in [0.5, 0.6) is 0 Å². The third-order valence-corrected chi connectivity index (χ3v) is 3.97. The van der Waals surface area contributed by atoms with E-state index in [0.717, 1.165) is 31.5 Å². The Morgan fingerprint density at radius 1 is 1.41 bits per heavy atom. The van der Waals surface area contributed by atoms with Gasteiger partial charge in [-0.3, -0.25) is 4.79 Å². The molecule has 1 aromatic rings. The van der Waals surface area contributed by atoms with Crippen molar-refractivity contribution in [1.29, 1.82) is 0 Å². The number of amides is 1. The van der Waals surface area contributed by atoms with E-state index in [9.17, 15) is 18.0 Å². The molecule has 0 aromatic heterocycles. The fourth-order valence-corrected chi connectivity index (χ4v) is 2.89. The second-order valence-corrected chi connectivity index (χ2v) is 5.78. The van der Waals surface area contributed by atoms with Crippen LogP contribution in [0.15, 0.2) is 24.3 Å². The summed E-state index contributed by atoms with van der Waals surface area (Å²) in [6.07, 6.45) is -2.33. The molecule has 1 amide bonds. The second kappa shape index (κ2) is 7.13. The fraction of sp³-hybridized carbons (Fsp3) is 0.562. The van der Waals surface area contributed by atoms with Gasteiger partial charge in [-0.15, -0.1) is 0 Å². The Hall–Kier alpha value is -1.56. The van der Waals surface area contributed by atoms with Crippen LogP contribution >= 0.6 is 0 Å². The number of piperidine rings is 1. The summed E-state index contributed by atoms with van der Waals surface area (Å²) < 4.78 is 38.1. The third-order valence-electron chi connectivity index (χ3n) is 3.97. The molecule has 1 aliphatic rings. The normalized spacial score (nSPS) is 19.3. The lowest BCUT2D eigenvalue weighted by molar-refractivity contribution is -0.138. The minimum atomic E-state index is -4.37. The number of benzene rings is 1. The van der Waals surface area contributed by atoms with Gasteiger partial charge in [-0.05, 0) is 44.0 Å².